The topological polar surface area (TPSA) is 58.6 Å². The van der Waals surface area contributed by atoms with Crippen LogP contribution in [0.15, 0.2) is 36.4 Å². The smallest absolute Gasteiger partial charge is 0.252 e. The number of benzene rings is 1. The quantitative estimate of drug-likeness (QED) is 0.750. The van der Waals surface area contributed by atoms with E-state index in [0.29, 0.717) is 6.54 Å². The standard InChI is InChI=1S/C16H23NO3/c1-4-5-15(18)16(19)17-11-10-13-6-8-14(9-7-13)20-12(2)3/h4-9,12,15,18H,10-11H2,1-3H3,(H,17,19). The van der Waals surface area contributed by atoms with Crippen molar-refractivity contribution in [2.45, 2.75) is 39.4 Å². The van der Waals surface area contributed by atoms with Gasteiger partial charge < -0.3 is 15.2 Å². The highest BCUT2D eigenvalue weighted by molar-refractivity contribution is 5.82. The Kier molecular flexibility index (Phi) is 6.81. The highest BCUT2D eigenvalue weighted by atomic mass is 16.5. The van der Waals surface area contributed by atoms with Gasteiger partial charge in [0.05, 0.1) is 6.10 Å². The average Bonchev–Trinajstić information content (AvgIpc) is 2.40. The summed E-state index contributed by atoms with van der Waals surface area (Å²) in [6.07, 6.45) is 2.91. The lowest BCUT2D eigenvalue weighted by Crippen LogP contribution is -2.34. The van der Waals surface area contributed by atoms with Crippen molar-refractivity contribution in [3.8, 4) is 5.75 Å². The Labute approximate surface area is 120 Å². The molecule has 4 nitrogen and oxygen atoms in total. The Bertz CT molecular complexity index is 438. The maximum absolute atomic E-state index is 11.5. The summed E-state index contributed by atoms with van der Waals surface area (Å²) in [5.41, 5.74) is 1.11. The third-order valence-corrected chi connectivity index (χ3v) is 2.65. The van der Waals surface area contributed by atoms with E-state index in [1.54, 1.807) is 13.0 Å². The van der Waals surface area contributed by atoms with Gasteiger partial charge in [-0.2, -0.15) is 0 Å². The Hall–Kier alpha value is -1.81. The van der Waals surface area contributed by atoms with Crippen LogP contribution < -0.4 is 10.1 Å². The minimum atomic E-state index is -1.07. The lowest BCUT2D eigenvalue weighted by atomic mass is 10.1. The van der Waals surface area contributed by atoms with Crippen molar-refractivity contribution in [2.75, 3.05) is 6.54 Å². The molecular weight excluding hydrogens is 254 g/mol. The zero-order chi connectivity index (χ0) is 15.0. The predicted octanol–water partition coefficient (Wildman–Crippen LogP) is 2.07. The Balaban J connectivity index is 2.37. The number of hydrogen-bond acceptors (Lipinski definition) is 3. The highest BCUT2D eigenvalue weighted by Crippen LogP contribution is 2.13. The molecule has 1 amide bonds. The summed E-state index contributed by atoms with van der Waals surface area (Å²) in [5, 5.41) is 12.1. The molecule has 0 aliphatic carbocycles. The first-order chi connectivity index (χ1) is 9.52. The van der Waals surface area contributed by atoms with Crippen molar-refractivity contribution in [1.82, 2.24) is 5.32 Å². The molecule has 1 rings (SSSR count). The average molecular weight is 277 g/mol. The van der Waals surface area contributed by atoms with Gasteiger partial charge in [0, 0.05) is 6.54 Å². The molecule has 0 fully saturated rings. The SMILES string of the molecule is CC=CC(O)C(=O)NCCc1ccc(OC(C)C)cc1. The van der Waals surface area contributed by atoms with Crippen molar-refractivity contribution in [2.24, 2.45) is 0 Å². The fourth-order valence-electron chi connectivity index (χ4n) is 1.71. The summed E-state index contributed by atoms with van der Waals surface area (Å²) in [4.78, 5) is 11.5. The maximum Gasteiger partial charge on any atom is 0.252 e. The molecule has 0 aromatic heterocycles. The first kappa shape index (κ1) is 16.2. The minimum Gasteiger partial charge on any atom is -0.491 e. The van der Waals surface area contributed by atoms with Gasteiger partial charge in [-0.15, -0.1) is 0 Å². The van der Waals surface area contributed by atoms with Crippen LogP contribution in [0.25, 0.3) is 0 Å². The summed E-state index contributed by atoms with van der Waals surface area (Å²) >= 11 is 0. The molecule has 20 heavy (non-hydrogen) atoms. The second kappa shape index (κ2) is 8.38. The molecule has 1 aromatic rings. The van der Waals surface area contributed by atoms with Crippen LogP contribution in [-0.2, 0) is 11.2 Å². The lowest BCUT2D eigenvalue weighted by molar-refractivity contribution is -0.127. The molecule has 1 unspecified atom stereocenters. The number of nitrogens with one attached hydrogen (secondary N) is 1. The van der Waals surface area contributed by atoms with Crippen LogP contribution in [0.2, 0.25) is 0 Å². The third-order valence-electron chi connectivity index (χ3n) is 2.65. The summed E-state index contributed by atoms with van der Waals surface area (Å²) in [6, 6.07) is 7.80. The van der Waals surface area contributed by atoms with Crippen LogP contribution in [-0.4, -0.2) is 29.8 Å². The van der Waals surface area contributed by atoms with Crippen molar-refractivity contribution in [3.05, 3.63) is 42.0 Å². The van der Waals surface area contributed by atoms with Gasteiger partial charge in [-0.1, -0.05) is 24.3 Å². The van der Waals surface area contributed by atoms with E-state index in [1.807, 2.05) is 38.1 Å². The van der Waals surface area contributed by atoms with E-state index in [-0.39, 0.29) is 12.0 Å². The molecule has 1 aromatic carbocycles. The Morgan fingerprint density at radius 1 is 1.35 bits per heavy atom. The van der Waals surface area contributed by atoms with Crippen LogP contribution in [0.1, 0.15) is 26.3 Å². The molecule has 2 N–H and O–H groups in total. The number of ether oxygens (including phenoxy) is 1. The monoisotopic (exact) mass is 277 g/mol. The van der Waals surface area contributed by atoms with Crippen LogP contribution in [0.4, 0.5) is 0 Å². The van der Waals surface area contributed by atoms with Crippen LogP contribution >= 0.6 is 0 Å². The first-order valence-electron chi connectivity index (χ1n) is 6.87. The second-order valence-corrected chi connectivity index (χ2v) is 4.82. The van der Waals surface area contributed by atoms with E-state index < -0.39 is 6.10 Å². The van der Waals surface area contributed by atoms with Gasteiger partial charge in [0.15, 0.2) is 6.10 Å². The van der Waals surface area contributed by atoms with Crippen molar-refractivity contribution in [3.63, 3.8) is 0 Å². The molecular formula is C16H23NO3. The van der Waals surface area contributed by atoms with Crippen molar-refractivity contribution in [1.29, 1.82) is 0 Å². The van der Waals surface area contributed by atoms with Crippen molar-refractivity contribution >= 4 is 5.91 Å². The van der Waals surface area contributed by atoms with E-state index in [1.165, 1.54) is 6.08 Å². The molecule has 110 valence electrons. The summed E-state index contributed by atoms with van der Waals surface area (Å²) < 4.78 is 5.56. The van der Waals surface area contributed by atoms with Gasteiger partial charge in [-0.3, -0.25) is 4.79 Å². The number of amides is 1. The number of hydrogen-bond donors (Lipinski definition) is 2. The molecule has 0 aliphatic heterocycles. The molecule has 0 radical (unpaired) electrons. The molecule has 0 saturated carbocycles. The van der Waals surface area contributed by atoms with E-state index in [0.717, 1.165) is 17.7 Å². The zero-order valence-corrected chi connectivity index (χ0v) is 12.3. The Morgan fingerprint density at radius 3 is 2.55 bits per heavy atom. The van der Waals surface area contributed by atoms with Crippen molar-refractivity contribution < 1.29 is 14.6 Å². The van der Waals surface area contributed by atoms with Gasteiger partial charge in [0.2, 0.25) is 0 Å². The minimum absolute atomic E-state index is 0.160. The van der Waals surface area contributed by atoms with Crippen LogP contribution in [0.3, 0.4) is 0 Å². The fourth-order valence-corrected chi connectivity index (χ4v) is 1.71. The molecule has 0 saturated heterocycles. The van der Waals surface area contributed by atoms with E-state index in [2.05, 4.69) is 5.32 Å². The molecule has 1 atom stereocenters. The first-order valence-corrected chi connectivity index (χ1v) is 6.87. The third kappa shape index (κ3) is 5.89. The van der Waals surface area contributed by atoms with Gasteiger partial charge in [-0.25, -0.2) is 0 Å². The lowest BCUT2D eigenvalue weighted by Gasteiger charge is -2.11. The van der Waals surface area contributed by atoms with Gasteiger partial charge in [0.1, 0.15) is 5.75 Å². The highest BCUT2D eigenvalue weighted by Gasteiger charge is 2.09. The van der Waals surface area contributed by atoms with Gasteiger partial charge in [-0.05, 0) is 44.9 Å². The Morgan fingerprint density at radius 2 is 2.00 bits per heavy atom. The number of aliphatic hydroxyl groups is 1. The fraction of sp³-hybridized carbons (Fsp3) is 0.438. The number of aliphatic hydroxyl groups excluding tert-OH is 1. The number of rotatable bonds is 7. The normalized spacial score (nSPS) is 12.7. The number of carbonyl (C=O) groups is 1. The van der Waals surface area contributed by atoms with Crippen LogP contribution in [0, 0.1) is 0 Å². The van der Waals surface area contributed by atoms with E-state index >= 15 is 0 Å². The largest absolute Gasteiger partial charge is 0.491 e. The molecule has 0 bridgehead atoms. The molecule has 0 spiro atoms. The zero-order valence-electron chi connectivity index (χ0n) is 12.3. The maximum atomic E-state index is 11.5. The molecule has 0 heterocycles. The number of carbonyl (C=O) groups excluding carboxylic acids is 1. The summed E-state index contributed by atoms with van der Waals surface area (Å²) in [6.45, 7) is 6.23. The molecule has 4 heteroatoms. The number of allylic oxidation sites excluding steroid dienone is 1. The summed E-state index contributed by atoms with van der Waals surface area (Å²) in [7, 11) is 0. The van der Waals surface area contributed by atoms with E-state index in [4.69, 9.17) is 4.74 Å². The van der Waals surface area contributed by atoms with E-state index in [9.17, 15) is 9.90 Å². The van der Waals surface area contributed by atoms with Crippen LogP contribution in [0.5, 0.6) is 5.75 Å². The van der Waals surface area contributed by atoms with Gasteiger partial charge >= 0.3 is 0 Å². The second-order valence-electron chi connectivity index (χ2n) is 4.82. The summed E-state index contributed by atoms with van der Waals surface area (Å²) in [5.74, 6) is 0.471. The van der Waals surface area contributed by atoms with Gasteiger partial charge in [0.25, 0.3) is 5.91 Å². The molecule has 0 aliphatic rings. The predicted molar refractivity (Wildman–Crippen MR) is 79.7 cm³/mol.